The molecule has 4 rings (SSSR count). The zero-order chi connectivity index (χ0) is 24.2. The topological polar surface area (TPSA) is 82.5 Å². The number of fused-ring (bicyclic) bond motifs is 1. The zero-order valence-electron chi connectivity index (χ0n) is 19.3. The molecule has 1 N–H and O–H groups in total. The van der Waals surface area contributed by atoms with Gasteiger partial charge in [0.15, 0.2) is 16.7 Å². The Morgan fingerprint density at radius 3 is 2.79 bits per heavy atom. The van der Waals surface area contributed by atoms with Crippen molar-refractivity contribution >= 4 is 23.5 Å². The van der Waals surface area contributed by atoms with Gasteiger partial charge < -0.3 is 19.4 Å². The number of carbonyl (C=O) groups excluding carboxylic acids is 1. The summed E-state index contributed by atoms with van der Waals surface area (Å²) in [5, 5.41) is 3.42. The van der Waals surface area contributed by atoms with Crippen molar-refractivity contribution < 1.29 is 14.3 Å². The maximum absolute atomic E-state index is 13.2. The predicted octanol–water partition coefficient (Wildman–Crippen LogP) is 3.88. The van der Waals surface area contributed by atoms with Crippen LogP contribution in [0, 0.1) is 19.3 Å². The Labute approximate surface area is 202 Å². The van der Waals surface area contributed by atoms with Crippen molar-refractivity contribution in [2.24, 2.45) is 7.05 Å². The number of anilines is 1. The van der Waals surface area contributed by atoms with Crippen molar-refractivity contribution in [2.45, 2.75) is 30.2 Å². The molecule has 0 saturated heterocycles. The molecule has 8 heteroatoms. The number of thioether (sulfide) groups is 1. The summed E-state index contributed by atoms with van der Waals surface area (Å²) in [6, 6.07) is 13.5. The smallest absolute Gasteiger partial charge is 0.279 e. The molecule has 34 heavy (non-hydrogen) atoms. The lowest BCUT2D eigenvalue weighted by molar-refractivity contribution is -0.116. The second-order valence-corrected chi connectivity index (χ2v) is 8.95. The number of rotatable bonds is 7. The van der Waals surface area contributed by atoms with E-state index in [1.807, 2.05) is 38.2 Å². The first-order valence-corrected chi connectivity index (χ1v) is 11.7. The number of benzene rings is 2. The fourth-order valence-electron chi connectivity index (χ4n) is 4.04. The van der Waals surface area contributed by atoms with Gasteiger partial charge in [0.2, 0.25) is 5.91 Å². The first-order valence-electron chi connectivity index (χ1n) is 10.7. The van der Waals surface area contributed by atoms with Gasteiger partial charge in [-0.1, -0.05) is 53.6 Å². The lowest BCUT2D eigenvalue weighted by Crippen LogP contribution is -2.33. The Balaban J connectivity index is 1.70. The van der Waals surface area contributed by atoms with Crippen LogP contribution in [0.15, 0.2) is 52.4 Å². The van der Waals surface area contributed by atoms with Gasteiger partial charge in [-0.25, -0.2) is 0 Å². The summed E-state index contributed by atoms with van der Waals surface area (Å²) in [4.78, 5) is 30.2. The lowest BCUT2D eigenvalue weighted by Gasteiger charge is -2.28. The third-order valence-corrected chi connectivity index (χ3v) is 6.75. The van der Waals surface area contributed by atoms with Crippen molar-refractivity contribution in [1.29, 1.82) is 0 Å². The normalized spacial score (nSPS) is 14.6. The first kappa shape index (κ1) is 23.5. The molecule has 1 atom stereocenters. The van der Waals surface area contributed by atoms with Crippen molar-refractivity contribution in [3.05, 3.63) is 75.1 Å². The monoisotopic (exact) mass is 475 g/mol. The summed E-state index contributed by atoms with van der Waals surface area (Å²) in [5.74, 6) is 3.91. The summed E-state index contributed by atoms with van der Waals surface area (Å²) >= 11 is 1.46. The summed E-state index contributed by atoms with van der Waals surface area (Å²) in [6.45, 7) is 2.15. The Hall–Kier alpha value is -3.70. The summed E-state index contributed by atoms with van der Waals surface area (Å²) < 4.78 is 12.7. The fraction of sp³-hybridized carbons (Fsp3) is 0.269. The van der Waals surface area contributed by atoms with Crippen molar-refractivity contribution in [3.63, 3.8) is 0 Å². The second kappa shape index (κ2) is 10.1. The minimum absolute atomic E-state index is 0.109. The summed E-state index contributed by atoms with van der Waals surface area (Å²) in [5.41, 5.74) is 3.18. The largest absolute Gasteiger partial charge is 0.493 e. The van der Waals surface area contributed by atoms with Crippen LogP contribution < -0.4 is 20.3 Å². The van der Waals surface area contributed by atoms with E-state index in [1.165, 1.54) is 24.4 Å². The quantitative estimate of drug-likeness (QED) is 0.317. The molecule has 0 unspecified atom stereocenters. The van der Waals surface area contributed by atoms with Crippen molar-refractivity contribution in [1.82, 2.24) is 9.55 Å². The highest BCUT2D eigenvalue weighted by atomic mass is 32.2. The average molecular weight is 476 g/mol. The number of ether oxygens (including phenoxy) is 2. The number of hydrogen-bond donors (Lipinski definition) is 1. The number of hydrogen-bond acceptors (Lipinski definition) is 6. The van der Waals surface area contributed by atoms with Crippen LogP contribution in [0.5, 0.6) is 11.5 Å². The summed E-state index contributed by atoms with van der Waals surface area (Å²) in [6.07, 6.45) is 5.41. The predicted molar refractivity (Wildman–Crippen MR) is 133 cm³/mol. The minimum Gasteiger partial charge on any atom is -0.493 e. The molecule has 0 saturated carbocycles. The number of nitrogens with one attached hydrogen (secondary N) is 1. The molecular formula is C26H25N3O4S. The minimum atomic E-state index is -0.457. The number of aromatic nitrogens is 2. The van der Waals surface area contributed by atoms with Gasteiger partial charge in [0.1, 0.15) is 12.4 Å². The first-order chi connectivity index (χ1) is 16.4. The molecule has 7 nitrogen and oxygen atoms in total. The standard InChI is InChI=1S/C26H25N3O4S/c1-5-11-33-20-10-9-18(13-21(20)32-4)19-14-22(30)27-24-23(19)25(31)28-26(29(24)3)34-15-17-8-6-7-16(2)12-17/h1,6-10,12-13,19H,11,14-15H2,2-4H3,(H,27,30)/t19-/m0/s1. The molecule has 3 aromatic rings. The van der Waals surface area contributed by atoms with Gasteiger partial charge in [-0.3, -0.25) is 9.59 Å². The van der Waals surface area contributed by atoms with Crippen LogP contribution in [0.2, 0.25) is 0 Å². The van der Waals surface area contributed by atoms with E-state index in [0.29, 0.717) is 33.8 Å². The molecule has 0 fully saturated rings. The van der Waals surface area contributed by atoms with E-state index >= 15 is 0 Å². The van der Waals surface area contributed by atoms with Crippen molar-refractivity contribution in [3.8, 4) is 23.8 Å². The van der Waals surface area contributed by atoms with Gasteiger partial charge in [0.25, 0.3) is 5.56 Å². The Kier molecular flexibility index (Phi) is 6.94. The van der Waals surface area contributed by atoms with Gasteiger partial charge in [0, 0.05) is 25.1 Å². The third-order valence-electron chi connectivity index (χ3n) is 5.65. The van der Waals surface area contributed by atoms with Crippen molar-refractivity contribution in [2.75, 3.05) is 19.0 Å². The van der Waals surface area contributed by atoms with Gasteiger partial charge >= 0.3 is 0 Å². The van der Waals surface area contributed by atoms with Gasteiger partial charge in [-0.05, 0) is 30.2 Å². The second-order valence-electron chi connectivity index (χ2n) is 8.01. The maximum atomic E-state index is 13.2. The molecular weight excluding hydrogens is 450 g/mol. The molecule has 0 spiro atoms. The van der Waals surface area contributed by atoms with Gasteiger partial charge in [-0.2, -0.15) is 4.98 Å². The number of aryl methyl sites for hydroxylation is 1. The molecule has 1 aliphatic heterocycles. The fourth-order valence-corrected chi connectivity index (χ4v) is 4.95. The Bertz CT molecular complexity index is 1340. The lowest BCUT2D eigenvalue weighted by atomic mass is 9.86. The van der Waals surface area contributed by atoms with E-state index < -0.39 is 5.92 Å². The third kappa shape index (κ3) is 4.80. The van der Waals surface area contributed by atoms with E-state index in [2.05, 4.69) is 22.3 Å². The van der Waals surface area contributed by atoms with Crippen LogP contribution in [-0.4, -0.2) is 29.2 Å². The average Bonchev–Trinajstić information content (AvgIpc) is 2.83. The SMILES string of the molecule is C#CCOc1ccc([C@@H]2CC(=O)Nc3c2c(=O)nc(SCc2cccc(C)c2)n3C)cc1OC. The molecule has 2 heterocycles. The number of methoxy groups -OCH3 is 1. The highest BCUT2D eigenvalue weighted by Gasteiger charge is 2.32. The van der Waals surface area contributed by atoms with E-state index in [-0.39, 0.29) is 24.5 Å². The zero-order valence-corrected chi connectivity index (χ0v) is 20.1. The van der Waals surface area contributed by atoms with Crippen LogP contribution in [-0.2, 0) is 17.6 Å². The number of amides is 1. The van der Waals surface area contributed by atoms with Crippen LogP contribution in [0.4, 0.5) is 5.82 Å². The maximum Gasteiger partial charge on any atom is 0.279 e. The summed E-state index contributed by atoms with van der Waals surface area (Å²) in [7, 11) is 3.34. The molecule has 1 amide bonds. The number of terminal acetylenes is 1. The molecule has 0 aliphatic carbocycles. The van der Waals surface area contributed by atoms with Gasteiger partial charge in [-0.15, -0.1) is 6.42 Å². The Morgan fingerprint density at radius 1 is 1.24 bits per heavy atom. The molecule has 1 aliphatic rings. The molecule has 174 valence electrons. The van der Waals surface area contributed by atoms with Crippen LogP contribution in [0.25, 0.3) is 0 Å². The number of nitrogens with zero attached hydrogens (tertiary/aromatic N) is 2. The highest BCUT2D eigenvalue weighted by Crippen LogP contribution is 2.39. The van der Waals surface area contributed by atoms with Crippen LogP contribution in [0.3, 0.4) is 0 Å². The number of carbonyl (C=O) groups is 1. The molecule has 2 aromatic carbocycles. The van der Waals surface area contributed by atoms with Crippen LogP contribution >= 0.6 is 11.8 Å². The highest BCUT2D eigenvalue weighted by molar-refractivity contribution is 7.98. The van der Waals surface area contributed by atoms with E-state index in [4.69, 9.17) is 15.9 Å². The Morgan fingerprint density at radius 2 is 2.06 bits per heavy atom. The molecule has 0 bridgehead atoms. The molecule has 1 aromatic heterocycles. The van der Waals surface area contributed by atoms with E-state index in [9.17, 15) is 9.59 Å². The van der Waals surface area contributed by atoms with Gasteiger partial charge in [0.05, 0.1) is 12.7 Å². The molecule has 0 radical (unpaired) electrons. The van der Waals surface area contributed by atoms with E-state index in [0.717, 1.165) is 11.1 Å². The van der Waals surface area contributed by atoms with Crippen LogP contribution in [0.1, 0.15) is 34.6 Å². The van der Waals surface area contributed by atoms with E-state index in [1.54, 1.807) is 16.7 Å².